The summed E-state index contributed by atoms with van der Waals surface area (Å²) in [5.41, 5.74) is 6.49. The van der Waals surface area contributed by atoms with Gasteiger partial charge in [0.25, 0.3) is 0 Å². The van der Waals surface area contributed by atoms with E-state index in [-0.39, 0.29) is 0 Å². The number of imidazole rings is 1. The van der Waals surface area contributed by atoms with E-state index in [2.05, 4.69) is 4.98 Å². The predicted molar refractivity (Wildman–Crippen MR) is 50.1 cm³/mol. The van der Waals surface area contributed by atoms with Crippen LogP contribution in [0.15, 0.2) is 22.7 Å². The van der Waals surface area contributed by atoms with Gasteiger partial charge >= 0.3 is 0 Å². The van der Waals surface area contributed by atoms with Crippen molar-refractivity contribution >= 4 is 5.95 Å². The van der Waals surface area contributed by atoms with Crippen LogP contribution in [0, 0.1) is 6.92 Å². The van der Waals surface area contributed by atoms with Crippen LogP contribution in [0.3, 0.4) is 0 Å². The van der Waals surface area contributed by atoms with Crippen molar-refractivity contribution in [3.63, 3.8) is 0 Å². The van der Waals surface area contributed by atoms with Crippen LogP contribution in [-0.2, 0) is 7.05 Å². The van der Waals surface area contributed by atoms with E-state index in [4.69, 9.17) is 10.2 Å². The number of rotatable bonds is 1. The molecule has 0 fully saturated rings. The van der Waals surface area contributed by atoms with Gasteiger partial charge in [0.1, 0.15) is 11.5 Å². The molecule has 2 aromatic heterocycles. The zero-order valence-corrected chi connectivity index (χ0v) is 7.61. The second kappa shape index (κ2) is 2.65. The first-order chi connectivity index (χ1) is 6.18. The van der Waals surface area contributed by atoms with Crippen molar-refractivity contribution in [2.24, 2.45) is 7.05 Å². The van der Waals surface area contributed by atoms with E-state index < -0.39 is 0 Å². The lowest BCUT2D eigenvalue weighted by atomic mass is 10.3. The number of nitrogens with two attached hydrogens (primary N) is 1. The van der Waals surface area contributed by atoms with Gasteiger partial charge in [0.05, 0.1) is 6.20 Å². The standard InChI is InChI=1S/C9H11N3O/c1-6-3-4-8(13-6)7-5-11-9(10)12(7)2/h3-5H,1-2H3,(H2,10,11). The third kappa shape index (κ3) is 1.20. The molecular weight excluding hydrogens is 166 g/mol. The molecule has 4 heteroatoms. The van der Waals surface area contributed by atoms with Crippen LogP contribution in [0.25, 0.3) is 11.5 Å². The van der Waals surface area contributed by atoms with E-state index in [0.29, 0.717) is 5.95 Å². The summed E-state index contributed by atoms with van der Waals surface area (Å²) in [6, 6.07) is 3.82. The Bertz CT molecular complexity index is 428. The number of anilines is 1. The van der Waals surface area contributed by atoms with Crippen molar-refractivity contribution in [2.45, 2.75) is 6.92 Å². The van der Waals surface area contributed by atoms with Crippen molar-refractivity contribution in [2.75, 3.05) is 5.73 Å². The summed E-state index contributed by atoms with van der Waals surface area (Å²) in [5.74, 6) is 2.17. The second-order valence-electron chi connectivity index (χ2n) is 2.97. The fraction of sp³-hybridized carbons (Fsp3) is 0.222. The van der Waals surface area contributed by atoms with E-state index in [1.807, 2.05) is 26.1 Å². The van der Waals surface area contributed by atoms with Crippen molar-refractivity contribution in [1.82, 2.24) is 9.55 Å². The monoisotopic (exact) mass is 177 g/mol. The first-order valence-electron chi connectivity index (χ1n) is 4.02. The minimum absolute atomic E-state index is 0.490. The van der Waals surface area contributed by atoms with Crippen molar-refractivity contribution in [1.29, 1.82) is 0 Å². The number of aryl methyl sites for hydroxylation is 1. The Balaban J connectivity index is 2.52. The van der Waals surface area contributed by atoms with Crippen LogP contribution < -0.4 is 5.73 Å². The molecule has 0 radical (unpaired) electrons. The summed E-state index contributed by atoms with van der Waals surface area (Å²) in [6.07, 6.45) is 1.70. The maximum absolute atomic E-state index is 5.59. The van der Waals surface area contributed by atoms with Gasteiger partial charge in [-0.15, -0.1) is 0 Å². The molecule has 13 heavy (non-hydrogen) atoms. The quantitative estimate of drug-likeness (QED) is 0.719. The van der Waals surface area contributed by atoms with E-state index in [1.165, 1.54) is 0 Å². The Hall–Kier alpha value is -1.71. The Morgan fingerprint density at radius 3 is 2.69 bits per heavy atom. The van der Waals surface area contributed by atoms with Crippen LogP contribution in [0.2, 0.25) is 0 Å². The number of nitrogen functional groups attached to an aromatic ring is 1. The highest BCUT2D eigenvalue weighted by Crippen LogP contribution is 2.22. The lowest BCUT2D eigenvalue weighted by Crippen LogP contribution is -1.97. The third-order valence-corrected chi connectivity index (χ3v) is 2.02. The molecular formula is C9H11N3O. The van der Waals surface area contributed by atoms with Gasteiger partial charge in [-0.05, 0) is 19.1 Å². The Kier molecular flexibility index (Phi) is 1.62. The molecule has 0 spiro atoms. The summed E-state index contributed by atoms with van der Waals surface area (Å²) in [6.45, 7) is 1.91. The maximum Gasteiger partial charge on any atom is 0.200 e. The first-order valence-corrected chi connectivity index (χ1v) is 4.02. The molecule has 0 unspecified atom stereocenters. The molecule has 2 rings (SSSR count). The summed E-state index contributed by atoms with van der Waals surface area (Å²) >= 11 is 0. The Morgan fingerprint density at radius 1 is 1.46 bits per heavy atom. The van der Waals surface area contributed by atoms with Gasteiger partial charge in [-0.1, -0.05) is 0 Å². The van der Waals surface area contributed by atoms with E-state index >= 15 is 0 Å². The lowest BCUT2D eigenvalue weighted by molar-refractivity contribution is 0.544. The highest BCUT2D eigenvalue weighted by molar-refractivity contribution is 5.54. The number of nitrogens with zero attached hydrogens (tertiary/aromatic N) is 2. The molecule has 2 N–H and O–H groups in total. The average molecular weight is 177 g/mol. The normalized spacial score (nSPS) is 10.6. The number of aromatic nitrogens is 2. The minimum Gasteiger partial charge on any atom is -0.460 e. The van der Waals surface area contributed by atoms with E-state index in [0.717, 1.165) is 17.2 Å². The highest BCUT2D eigenvalue weighted by atomic mass is 16.3. The van der Waals surface area contributed by atoms with E-state index in [1.54, 1.807) is 10.8 Å². The topological polar surface area (TPSA) is 57.0 Å². The predicted octanol–water partition coefficient (Wildman–Crippen LogP) is 1.57. The molecule has 0 saturated heterocycles. The van der Waals surface area contributed by atoms with Crippen molar-refractivity contribution in [3.05, 3.63) is 24.1 Å². The van der Waals surface area contributed by atoms with Gasteiger partial charge in [0, 0.05) is 7.05 Å². The number of hydrogen-bond donors (Lipinski definition) is 1. The highest BCUT2D eigenvalue weighted by Gasteiger charge is 2.08. The fourth-order valence-corrected chi connectivity index (χ4v) is 1.22. The zero-order valence-electron chi connectivity index (χ0n) is 7.61. The lowest BCUT2D eigenvalue weighted by Gasteiger charge is -1.98. The van der Waals surface area contributed by atoms with Gasteiger partial charge in [-0.3, -0.25) is 0 Å². The van der Waals surface area contributed by atoms with Crippen LogP contribution in [0.5, 0.6) is 0 Å². The molecule has 0 bridgehead atoms. The van der Waals surface area contributed by atoms with Crippen molar-refractivity contribution < 1.29 is 4.42 Å². The molecule has 0 aliphatic rings. The van der Waals surface area contributed by atoms with E-state index in [9.17, 15) is 0 Å². The SMILES string of the molecule is Cc1ccc(-c2cnc(N)n2C)o1. The first kappa shape index (κ1) is 7.91. The van der Waals surface area contributed by atoms with Gasteiger partial charge in [-0.25, -0.2) is 4.98 Å². The molecule has 0 saturated carbocycles. The molecule has 0 amide bonds. The molecule has 2 heterocycles. The summed E-state index contributed by atoms with van der Waals surface area (Å²) in [5, 5.41) is 0. The maximum atomic E-state index is 5.59. The average Bonchev–Trinajstić information content (AvgIpc) is 2.62. The van der Waals surface area contributed by atoms with Gasteiger partial charge < -0.3 is 14.7 Å². The minimum atomic E-state index is 0.490. The number of hydrogen-bond acceptors (Lipinski definition) is 3. The van der Waals surface area contributed by atoms with Crippen LogP contribution >= 0.6 is 0 Å². The molecule has 2 aromatic rings. The van der Waals surface area contributed by atoms with Gasteiger partial charge in [0.2, 0.25) is 0 Å². The smallest absolute Gasteiger partial charge is 0.200 e. The number of furan rings is 1. The summed E-state index contributed by atoms with van der Waals surface area (Å²) in [7, 11) is 1.86. The van der Waals surface area contributed by atoms with Crippen LogP contribution in [0.4, 0.5) is 5.95 Å². The third-order valence-electron chi connectivity index (χ3n) is 2.02. The largest absolute Gasteiger partial charge is 0.460 e. The fourth-order valence-electron chi connectivity index (χ4n) is 1.22. The molecule has 0 atom stereocenters. The van der Waals surface area contributed by atoms with Gasteiger partial charge in [-0.2, -0.15) is 0 Å². The van der Waals surface area contributed by atoms with Crippen molar-refractivity contribution in [3.8, 4) is 11.5 Å². The summed E-state index contributed by atoms with van der Waals surface area (Å²) in [4.78, 5) is 3.98. The van der Waals surface area contributed by atoms with Crippen LogP contribution in [0.1, 0.15) is 5.76 Å². The van der Waals surface area contributed by atoms with Gasteiger partial charge in [0.15, 0.2) is 11.7 Å². The molecule has 68 valence electrons. The zero-order chi connectivity index (χ0) is 9.42. The van der Waals surface area contributed by atoms with Crippen LogP contribution in [-0.4, -0.2) is 9.55 Å². The molecule has 0 aliphatic carbocycles. The molecule has 4 nitrogen and oxygen atoms in total. The Morgan fingerprint density at radius 2 is 2.23 bits per heavy atom. The second-order valence-corrected chi connectivity index (χ2v) is 2.97. The molecule has 0 aromatic carbocycles. The molecule has 0 aliphatic heterocycles. The summed E-state index contributed by atoms with van der Waals surface area (Å²) < 4.78 is 7.24. The Labute approximate surface area is 76.0 Å².